The molecule has 2 atom stereocenters. The molecule has 2 fully saturated rings. The van der Waals surface area contributed by atoms with Gasteiger partial charge in [-0.2, -0.15) is 5.10 Å². The van der Waals surface area contributed by atoms with Gasteiger partial charge in [-0.15, -0.1) is 0 Å². The Labute approximate surface area is 147 Å². The lowest BCUT2D eigenvalue weighted by Gasteiger charge is -2.34. The molecule has 2 aliphatic rings. The van der Waals surface area contributed by atoms with Gasteiger partial charge in [-0.05, 0) is 42.7 Å². The molecule has 0 spiro atoms. The Morgan fingerprint density at radius 2 is 2.08 bits per heavy atom. The maximum absolute atomic E-state index is 12.4. The zero-order chi connectivity index (χ0) is 18.4. The number of amides is 1. The van der Waals surface area contributed by atoms with Crippen molar-refractivity contribution in [1.29, 1.82) is 0 Å². The Morgan fingerprint density at radius 3 is 2.60 bits per heavy atom. The lowest BCUT2D eigenvalue weighted by atomic mass is 9.70. The topological polar surface area (TPSA) is 96.6 Å². The van der Waals surface area contributed by atoms with Gasteiger partial charge in [-0.1, -0.05) is 20.8 Å². The Morgan fingerprint density at radius 1 is 1.36 bits per heavy atom. The van der Waals surface area contributed by atoms with Crippen molar-refractivity contribution in [3.63, 3.8) is 0 Å². The minimum Gasteiger partial charge on any atom is -0.383 e. The predicted octanol–water partition coefficient (Wildman–Crippen LogP) is 3.57. The first-order valence-electron chi connectivity index (χ1n) is 8.54. The van der Waals surface area contributed by atoms with Gasteiger partial charge in [0.1, 0.15) is 5.69 Å². The molecule has 0 saturated heterocycles. The van der Waals surface area contributed by atoms with Gasteiger partial charge in [0, 0.05) is 29.8 Å². The smallest absolute Gasteiger partial charge is 0.293 e. The lowest BCUT2D eigenvalue weighted by Crippen LogP contribution is -2.34. The molecule has 0 unspecified atom stereocenters. The van der Waals surface area contributed by atoms with Gasteiger partial charge in [-0.3, -0.25) is 14.9 Å². The zero-order valence-corrected chi connectivity index (χ0v) is 15.0. The fourth-order valence-electron chi connectivity index (χ4n) is 4.32. The van der Waals surface area contributed by atoms with Crippen LogP contribution in [0.4, 0.5) is 11.4 Å². The van der Waals surface area contributed by atoms with E-state index in [1.54, 1.807) is 13.1 Å². The summed E-state index contributed by atoms with van der Waals surface area (Å²) in [5.41, 5.74) is 4.29. The number of fused-ring (bicyclic) bond motifs is 2. The Hall–Kier alpha value is -2.44. The van der Waals surface area contributed by atoms with E-state index in [0.717, 1.165) is 18.6 Å². The van der Waals surface area contributed by atoms with Crippen molar-refractivity contribution < 1.29 is 9.72 Å². The first-order valence-corrected chi connectivity index (χ1v) is 8.54. The second kappa shape index (κ2) is 5.82. The van der Waals surface area contributed by atoms with Crippen LogP contribution < -0.4 is 10.7 Å². The highest BCUT2D eigenvalue weighted by Gasteiger charge is 2.60. The molecule has 1 amide bonds. The highest BCUT2D eigenvalue weighted by Crippen LogP contribution is 2.63. The molecule has 2 N–H and O–H groups in total. The summed E-state index contributed by atoms with van der Waals surface area (Å²) in [6.07, 6.45) is 3.19. The van der Waals surface area contributed by atoms with E-state index < -0.39 is 10.8 Å². The second-order valence-corrected chi connectivity index (χ2v) is 7.73. The third-order valence-electron chi connectivity index (χ3n) is 6.53. The summed E-state index contributed by atoms with van der Waals surface area (Å²) in [6.45, 7) is 6.77. The van der Waals surface area contributed by atoms with Crippen molar-refractivity contribution >= 4 is 23.0 Å². The summed E-state index contributed by atoms with van der Waals surface area (Å²) in [5.74, 6) is 0.173. The largest absolute Gasteiger partial charge is 0.383 e. The van der Waals surface area contributed by atoms with Crippen LogP contribution >= 0.6 is 0 Å². The minimum atomic E-state index is -0.506. The van der Waals surface area contributed by atoms with Gasteiger partial charge >= 0.3 is 0 Å². The number of nitro benzene ring substituents is 1. The van der Waals surface area contributed by atoms with Crippen LogP contribution in [0.15, 0.2) is 23.3 Å². The maximum atomic E-state index is 12.4. The lowest BCUT2D eigenvalue weighted by molar-refractivity contribution is -0.384. The number of anilines is 1. The number of nitrogens with zero attached hydrogens (tertiary/aromatic N) is 2. The zero-order valence-electron chi connectivity index (χ0n) is 15.0. The number of hydrogen-bond acceptors (Lipinski definition) is 5. The van der Waals surface area contributed by atoms with Crippen LogP contribution in [0.25, 0.3) is 0 Å². The molecule has 0 aliphatic heterocycles. The number of nitro groups is 1. The van der Waals surface area contributed by atoms with E-state index in [-0.39, 0.29) is 22.1 Å². The molecule has 1 aromatic carbocycles. The van der Waals surface area contributed by atoms with Gasteiger partial charge in [-0.25, -0.2) is 5.43 Å². The molecule has 2 bridgehead atoms. The van der Waals surface area contributed by atoms with Crippen molar-refractivity contribution in [2.45, 2.75) is 40.0 Å². The molecule has 2 saturated carbocycles. The molecule has 0 heterocycles. The maximum Gasteiger partial charge on any atom is 0.293 e. The fraction of sp³-hybridized carbons (Fsp3) is 0.556. The van der Waals surface area contributed by atoms with E-state index in [9.17, 15) is 14.9 Å². The third-order valence-corrected chi connectivity index (χ3v) is 6.53. The number of hydrazone groups is 1. The highest BCUT2D eigenvalue weighted by molar-refractivity contribution is 5.98. The van der Waals surface area contributed by atoms with Gasteiger partial charge in [0.05, 0.1) is 4.92 Å². The summed E-state index contributed by atoms with van der Waals surface area (Å²) < 4.78 is 0. The average molecular weight is 344 g/mol. The van der Waals surface area contributed by atoms with Crippen molar-refractivity contribution in [1.82, 2.24) is 5.43 Å². The molecule has 0 aromatic heterocycles. The van der Waals surface area contributed by atoms with E-state index in [2.05, 4.69) is 36.6 Å². The molecule has 7 nitrogen and oxygen atoms in total. The molecule has 25 heavy (non-hydrogen) atoms. The van der Waals surface area contributed by atoms with Crippen LogP contribution in [0.2, 0.25) is 0 Å². The van der Waals surface area contributed by atoms with Gasteiger partial charge < -0.3 is 5.32 Å². The molecule has 134 valence electrons. The number of nitrogens with one attached hydrogen (secondary N) is 2. The van der Waals surface area contributed by atoms with Crippen LogP contribution in [0.3, 0.4) is 0 Å². The summed E-state index contributed by atoms with van der Waals surface area (Å²) >= 11 is 0. The van der Waals surface area contributed by atoms with Crippen LogP contribution in [0.5, 0.6) is 0 Å². The third kappa shape index (κ3) is 2.58. The highest BCUT2D eigenvalue weighted by atomic mass is 16.6. The van der Waals surface area contributed by atoms with Crippen LogP contribution in [-0.2, 0) is 0 Å². The molecule has 7 heteroatoms. The predicted molar refractivity (Wildman–Crippen MR) is 96.8 cm³/mol. The molecular formula is C18H24N4O3. The molecule has 2 aliphatic carbocycles. The first kappa shape index (κ1) is 17.4. The molecular weight excluding hydrogens is 320 g/mol. The summed E-state index contributed by atoms with van der Waals surface area (Å²) in [7, 11) is 1.60. The number of rotatable bonds is 4. The number of benzene rings is 1. The minimum absolute atomic E-state index is 0.00688. The SMILES string of the molecule is CNc1ccc(C(=O)N/N=C2/C[C@@H]3CC[C@@]2(C)C3(C)C)cc1[N+](=O)[O-]. The van der Waals surface area contributed by atoms with E-state index in [1.807, 2.05) is 0 Å². The van der Waals surface area contributed by atoms with E-state index in [1.165, 1.54) is 18.6 Å². The number of carbonyl (C=O) groups excluding carboxylic acids is 1. The second-order valence-electron chi connectivity index (χ2n) is 7.73. The summed E-state index contributed by atoms with van der Waals surface area (Å²) in [6, 6.07) is 4.36. The Balaban J connectivity index is 1.80. The van der Waals surface area contributed by atoms with E-state index >= 15 is 0 Å². The summed E-state index contributed by atoms with van der Waals surface area (Å²) in [4.78, 5) is 23.0. The van der Waals surface area contributed by atoms with Crippen LogP contribution in [0, 0.1) is 26.9 Å². The number of hydrogen-bond donors (Lipinski definition) is 2. The average Bonchev–Trinajstić information content (AvgIpc) is 2.92. The monoisotopic (exact) mass is 344 g/mol. The Bertz CT molecular complexity index is 772. The van der Waals surface area contributed by atoms with Crippen molar-refractivity contribution in [3.05, 3.63) is 33.9 Å². The standard InChI is InChI=1S/C18H24N4O3/c1-17(2)12-7-8-18(17,3)15(10-12)20-21-16(23)11-5-6-13(19-4)14(9-11)22(24)25/h5-6,9,12,19H,7-8,10H2,1-4H3,(H,21,23)/b20-15-/t12-,18+/m0/s1. The van der Waals surface area contributed by atoms with Gasteiger partial charge in [0.25, 0.3) is 11.6 Å². The Kier molecular flexibility index (Phi) is 4.05. The van der Waals surface area contributed by atoms with Crippen LogP contribution in [-0.4, -0.2) is 23.6 Å². The normalized spacial score (nSPS) is 28.2. The quantitative estimate of drug-likeness (QED) is 0.644. The van der Waals surface area contributed by atoms with Crippen molar-refractivity contribution in [2.75, 3.05) is 12.4 Å². The van der Waals surface area contributed by atoms with Gasteiger partial charge in [0.2, 0.25) is 0 Å². The molecule has 0 radical (unpaired) electrons. The molecule has 1 aromatic rings. The van der Waals surface area contributed by atoms with Gasteiger partial charge in [0.15, 0.2) is 0 Å². The van der Waals surface area contributed by atoms with Crippen molar-refractivity contribution in [3.8, 4) is 0 Å². The molecule has 3 rings (SSSR count). The van der Waals surface area contributed by atoms with Crippen LogP contribution in [0.1, 0.15) is 50.4 Å². The van der Waals surface area contributed by atoms with Crippen molar-refractivity contribution in [2.24, 2.45) is 21.8 Å². The van der Waals surface area contributed by atoms with E-state index in [4.69, 9.17) is 0 Å². The first-order chi connectivity index (χ1) is 11.7. The fourth-order valence-corrected chi connectivity index (χ4v) is 4.32. The summed E-state index contributed by atoms with van der Waals surface area (Å²) in [5, 5.41) is 18.3. The number of carbonyl (C=O) groups is 1. The van der Waals surface area contributed by atoms with E-state index in [0.29, 0.717) is 11.6 Å².